The van der Waals surface area contributed by atoms with Crippen molar-refractivity contribution in [3.63, 3.8) is 0 Å². The van der Waals surface area contributed by atoms with E-state index < -0.39 is 16.1 Å². The van der Waals surface area contributed by atoms with Gasteiger partial charge in [0.15, 0.2) is 0 Å². The lowest BCUT2D eigenvalue weighted by Crippen LogP contribution is -2.43. The maximum atomic E-state index is 13.0. The lowest BCUT2D eigenvalue weighted by atomic mass is 10.2. The van der Waals surface area contributed by atoms with Gasteiger partial charge in [0.25, 0.3) is 0 Å². The van der Waals surface area contributed by atoms with Crippen LogP contribution in [-0.4, -0.2) is 43.7 Å². The van der Waals surface area contributed by atoms with Crippen molar-refractivity contribution in [1.29, 1.82) is 0 Å². The number of amides is 2. The molecule has 30 heavy (non-hydrogen) atoms. The summed E-state index contributed by atoms with van der Waals surface area (Å²) in [7, 11) is -3.74. The fourth-order valence-electron chi connectivity index (χ4n) is 4.01. The Kier molecular flexibility index (Phi) is 5.62. The number of sulfonamides is 1. The molecule has 7 nitrogen and oxygen atoms in total. The summed E-state index contributed by atoms with van der Waals surface area (Å²) in [5, 5.41) is 2.83. The molecule has 0 saturated carbocycles. The lowest BCUT2D eigenvalue weighted by Gasteiger charge is -2.23. The number of carbonyl (C=O) groups excluding carboxylic acids is 2. The van der Waals surface area contributed by atoms with Crippen LogP contribution in [0.1, 0.15) is 31.2 Å². The van der Waals surface area contributed by atoms with Crippen LogP contribution in [0.25, 0.3) is 0 Å². The monoisotopic (exact) mass is 427 g/mol. The predicted octanol–water partition coefficient (Wildman–Crippen LogP) is 2.91. The number of anilines is 2. The molecule has 2 amide bonds. The van der Waals surface area contributed by atoms with Gasteiger partial charge in [0, 0.05) is 30.9 Å². The Morgan fingerprint density at radius 2 is 1.70 bits per heavy atom. The number of hydrogen-bond donors (Lipinski definition) is 1. The van der Waals surface area contributed by atoms with Gasteiger partial charge in [-0.15, -0.1) is 0 Å². The average molecular weight is 428 g/mol. The van der Waals surface area contributed by atoms with Crippen LogP contribution in [0.3, 0.4) is 0 Å². The molecule has 2 aromatic rings. The van der Waals surface area contributed by atoms with E-state index in [1.165, 1.54) is 4.31 Å². The number of nitrogens with one attached hydrogen (secondary N) is 1. The van der Waals surface area contributed by atoms with E-state index in [4.69, 9.17) is 0 Å². The molecule has 0 unspecified atom stereocenters. The van der Waals surface area contributed by atoms with Crippen molar-refractivity contribution in [2.45, 2.75) is 43.5 Å². The molecule has 0 bridgehead atoms. The second-order valence-electron chi connectivity index (χ2n) is 7.77. The molecule has 2 saturated heterocycles. The molecule has 0 spiro atoms. The van der Waals surface area contributed by atoms with Crippen LogP contribution >= 0.6 is 0 Å². The maximum absolute atomic E-state index is 13.0. The van der Waals surface area contributed by atoms with E-state index in [2.05, 4.69) is 5.32 Å². The second-order valence-corrected chi connectivity index (χ2v) is 9.66. The molecule has 8 heteroatoms. The molecule has 2 aromatic carbocycles. The van der Waals surface area contributed by atoms with Crippen LogP contribution in [0.4, 0.5) is 11.4 Å². The van der Waals surface area contributed by atoms with Crippen molar-refractivity contribution in [2.75, 3.05) is 23.3 Å². The Morgan fingerprint density at radius 3 is 2.33 bits per heavy atom. The smallest absolute Gasteiger partial charge is 0.243 e. The molecule has 4 rings (SSSR count). The first-order valence-corrected chi connectivity index (χ1v) is 11.6. The Bertz CT molecular complexity index is 1050. The lowest BCUT2D eigenvalue weighted by molar-refractivity contribution is -0.119. The number of hydrogen-bond acceptors (Lipinski definition) is 4. The zero-order chi connectivity index (χ0) is 21.3. The van der Waals surface area contributed by atoms with Crippen LogP contribution in [0.2, 0.25) is 0 Å². The molecule has 2 aliphatic heterocycles. The third-order valence-electron chi connectivity index (χ3n) is 5.65. The van der Waals surface area contributed by atoms with Gasteiger partial charge in [-0.3, -0.25) is 9.59 Å². The van der Waals surface area contributed by atoms with Gasteiger partial charge in [-0.25, -0.2) is 8.42 Å². The van der Waals surface area contributed by atoms with Crippen molar-refractivity contribution in [3.05, 3.63) is 54.1 Å². The summed E-state index contributed by atoms with van der Waals surface area (Å²) in [4.78, 5) is 26.7. The quantitative estimate of drug-likeness (QED) is 0.795. The third-order valence-corrected chi connectivity index (χ3v) is 7.58. The minimum absolute atomic E-state index is 0.106. The van der Waals surface area contributed by atoms with Crippen molar-refractivity contribution in [1.82, 2.24) is 4.31 Å². The first kappa shape index (κ1) is 20.6. The first-order chi connectivity index (χ1) is 14.4. The second kappa shape index (κ2) is 8.20. The van der Waals surface area contributed by atoms with E-state index in [0.29, 0.717) is 38.0 Å². The topological polar surface area (TPSA) is 86.8 Å². The van der Waals surface area contributed by atoms with Crippen LogP contribution in [0, 0.1) is 6.92 Å². The van der Waals surface area contributed by atoms with E-state index in [-0.39, 0.29) is 16.7 Å². The molecule has 0 aliphatic carbocycles. The minimum atomic E-state index is -3.74. The Hall–Kier alpha value is -2.71. The highest BCUT2D eigenvalue weighted by Crippen LogP contribution is 2.28. The zero-order valence-corrected chi connectivity index (χ0v) is 17.7. The third kappa shape index (κ3) is 3.97. The van der Waals surface area contributed by atoms with Crippen molar-refractivity contribution in [3.8, 4) is 0 Å². The zero-order valence-electron chi connectivity index (χ0n) is 16.9. The Balaban J connectivity index is 1.47. The number of nitrogens with zero attached hydrogens (tertiary/aromatic N) is 2. The molecule has 2 aliphatic rings. The summed E-state index contributed by atoms with van der Waals surface area (Å²) in [6.07, 6.45) is 2.53. The summed E-state index contributed by atoms with van der Waals surface area (Å²) in [5.41, 5.74) is 2.36. The van der Waals surface area contributed by atoms with Gasteiger partial charge in [0.05, 0.1) is 4.90 Å². The molecular formula is C22H25N3O4S. The number of carbonyl (C=O) groups is 2. The summed E-state index contributed by atoms with van der Waals surface area (Å²) >= 11 is 0. The number of rotatable bonds is 5. The molecule has 158 valence electrons. The van der Waals surface area contributed by atoms with Crippen LogP contribution in [-0.2, 0) is 19.6 Å². The largest absolute Gasteiger partial charge is 0.325 e. The molecule has 2 heterocycles. The first-order valence-electron chi connectivity index (χ1n) is 10.2. The molecule has 1 N–H and O–H groups in total. The predicted molar refractivity (Wildman–Crippen MR) is 115 cm³/mol. The summed E-state index contributed by atoms with van der Waals surface area (Å²) < 4.78 is 27.4. The standard InChI is InChI=1S/C22H25N3O4S/c1-16-6-12-19(13-7-16)30(28,29)25-15-2-4-20(25)22(27)23-17-8-10-18(11-9-17)24-14-3-5-21(24)26/h6-13,20H,2-5,14-15H2,1H3,(H,23,27)/t20-/m0/s1. The summed E-state index contributed by atoms with van der Waals surface area (Å²) in [6, 6.07) is 13.0. The summed E-state index contributed by atoms with van der Waals surface area (Å²) in [6.45, 7) is 2.93. The minimum Gasteiger partial charge on any atom is -0.325 e. The molecule has 0 radical (unpaired) electrons. The van der Waals surface area contributed by atoms with E-state index in [1.54, 1.807) is 53.4 Å². The van der Waals surface area contributed by atoms with Gasteiger partial charge in [-0.1, -0.05) is 17.7 Å². The fourth-order valence-corrected chi connectivity index (χ4v) is 5.66. The van der Waals surface area contributed by atoms with Gasteiger partial charge in [-0.2, -0.15) is 4.31 Å². The SMILES string of the molecule is Cc1ccc(S(=O)(=O)N2CCC[C@H]2C(=O)Nc2ccc(N3CCCC3=O)cc2)cc1. The summed E-state index contributed by atoms with van der Waals surface area (Å²) in [5.74, 6) is -0.233. The Morgan fingerprint density at radius 1 is 1.00 bits per heavy atom. The highest BCUT2D eigenvalue weighted by Gasteiger charge is 2.39. The van der Waals surface area contributed by atoms with Gasteiger partial charge in [-0.05, 0) is 62.6 Å². The van der Waals surface area contributed by atoms with Crippen LogP contribution in [0.15, 0.2) is 53.4 Å². The number of aryl methyl sites for hydroxylation is 1. The Labute approximate surface area is 176 Å². The normalized spacial score (nSPS) is 20.0. The molecular weight excluding hydrogens is 402 g/mol. The van der Waals surface area contributed by atoms with E-state index in [1.807, 2.05) is 6.92 Å². The van der Waals surface area contributed by atoms with Crippen molar-refractivity contribution >= 4 is 33.2 Å². The maximum Gasteiger partial charge on any atom is 0.243 e. The highest BCUT2D eigenvalue weighted by atomic mass is 32.2. The van der Waals surface area contributed by atoms with Crippen molar-refractivity contribution < 1.29 is 18.0 Å². The molecule has 2 fully saturated rings. The van der Waals surface area contributed by atoms with Crippen molar-refractivity contribution in [2.24, 2.45) is 0 Å². The molecule has 1 atom stereocenters. The highest BCUT2D eigenvalue weighted by molar-refractivity contribution is 7.89. The van der Waals surface area contributed by atoms with Gasteiger partial charge in [0.1, 0.15) is 6.04 Å². The number of benzene rings is 2. The van der Waals surface area contributed by atoms with Gasteiger partial charge < -0.3 is 10.2 Å². The van der Waals surface area contributed by atoms with E-state index in [9.17, 15) is 18.0 Å². The van der Waals surface area contributed by atoms with Gasteiger partial charge >= 0.3 is 0 Å². The molecule has 0 aromatic heterocycles. The fraction of sp³-hybridized carbons (Fsp3) is 0.364. The van der Waals surface area contributed by atoms with Gasteiger partial charge in [0.2, 0.25) is 21.8 Å². The van der Waals surface area contributed by atoms with E-state index >= 15 is 0 Å². The average Bonchev–Trinajstić information content (AvgIpc) is 3.38. The van der Waals surface area contributed by atoms with E-state index in [0.717, 1.165) is 17.7 Å². The van der Waals surface area contributed by atoms with Crippen LogP contribution < -0.4 is 10.2 Å². The van der Waals surface area contributed by atoms with Crippen LogP contribution in [0.5, 0.6) is 0 Å².